The number of hydrogen-bond donors (Lipinski definition) is 1. The first-order chi connectivity index (χ1) is 13.7. The molecule has 148 valence electrons. The molecule has 0 spiro atoms. The van der Waals surface area contributed by atoms with Gasteiger partial charge in [0, 0.05) is 11.5 Å². The minimum Gasteiger partial charge on any atom is -0.422 e. The lowest BCUT2D eigenvalue weighted by Gasteiger charge is -2.22. The molecule has 6 heteroatoms. The summed E-state index contributed by atoms with van der Waals surface area (Å²) in [6.45, 7) is 7.47. The number of aryl methyl sites for hydroxylation is 3. The minimum atomic E-state index is -1.15. The largest absolute Gasteiger partial charge is 0.422 e. The fraction of sp³-hybridized carbons (Fsp3) is 0.261. The molecule has 1 N–H and O–H groups in total. The number of rotatable bonds is 3. The lowest BCUT2D eigenvalue weighted by molar-refractivity contribution is -0.131. The zero-order chi connectivity index (χ0) is 20.9. The topological polar surface area (TPSA) is 79.6 Å². The Morgan fingerprint density at radius 2 is 1.69 bits per heavy atom. The summed E-state index contributed by atoms with van der Waals surface area (Å²) in [6.07, 6.45) is 0. The number of amides is 3. The second-order valence-corrected chi connectivity index (χ2v) is 7.79. The van der Waals surface area contributed by atoms with Gasteiger partial charge in [-0.3, -0.25) is 9.69 Å². The molecule has 1 saturated heterocycles. The Hall–Kier alpha value is -3.41. The van der Waals surface area contributed by atoms with Crippen LogP contribution in [0, 0.1) is 20.8 Å². The molecule has 1 aromatic heterocycles. The van der Waals surface area contributed by atoms with Crippen LogP contribution in [0.3, 0.4) is 0 Å². The molecular weight excluding hydrogens is 368 g/mol. The van der Waals surface area contributed by atoms with Crippen molar-refractivity contribution in [1.82, 2.24) is 10.2 Å². The van der Waals surface area contributed by atoms with E-state index in [9.17, 15) is 14.4 Å². The summed E-state index contributed by atoms with van der Waals surface area (Å²) in [5.74, 6) is -0.350. The Kier molecular flexibility index (Phi) is 4.30. The normalized spacial score (nSPS) is 19.1. The van der Waals surface area contributed by atoms with Crippen LogP contribution in [0.25, 0.3) is 11.0 Å². The van der Waals surface area contributed by atoms with Gasteiger partial charge in [0.25, 0.3) is 5.91 Å². The van der Waals surface area contributed by atoms with Gasteiger partial charge in [-0.2, -0.15) is 0 Å². The molecule has 1 atom stereocenters. The van der Waals surface area contributed by atoms with Gasteiger partial charge >= 0.3 is 11.7 Å². The van der Waals surface area contributed by atoms with E-state index >= 15 is 0 Å². The average Bonchev–Trinajstić information content (AvgIpc) is 2.89. The Morgan fingerprint density at radius 3 is 2.38 bits per heavy atom. The maximum absolute atomic E-state index is 13.2. The van der Waals surface area contributed by atoms with Crippen LogP contribution in [-0.4, -0.2) is 16.8 Å². The summed E-state index contributed by atoms with van der Waals surface area (Å²) in [5.41, 5.74) is 3.06. The number of urea groups is 1. The first kappa shape index (κ1) is 18.9. The van der Waals surface area contributed by atoms with Crippen molar-refractivity contribution in [1.29, 1.82) is 0 Å². The third kappa shape index (κ3) is 3.01. The molecule has 3 amide bonds. The van der Waals surface area contributed by atoms with E-state index in [0.717, 1.165) is 27.0 Å². The van der Waals surface area contributed by atoms with E-state index in [-0.39, 0.29) is 12.5 Å². The van der Waals surface area contributed by atoms with Gasteiger partial charge in [0.2, 0.25) is 0 Å². The van der Waals surface area contributed by atoms with Crippen LogP contribution < -0.4 is 10.9 Å². The Balaban J connectivity index is 1.75. The maximum atomic E-state index is 13.2. The van der Waals surface area contributed by atoms with Crippen molar-refractivity contribution in [3.8, 4) is 0 Å². The van der Waals surface area contributed by atoms with Gasteiger partial charge in [-0.15, -0.1) is 0 Å². The molecule has 2 aromatic carbocycles. The van der Waals surface area contributed by atoms with Gasteiger partial charge in [-0.1, -0.05) is 42.0 Å². The van der Waals surface area contributed by atoms with Crippen molar-refractivity contribution < 1.29 is 14.0 Å². The Labute approximate surface area is 168 Å². The van der Waals surface area contributed by atoms with Crippen LogP contribution in [-0.2, 0) is 16.9 Å². The monoisotopic (exact) mass is 390 g/mol. The third-order valence-electron chi connectivity index (χ3n) is 5.75. The second kappa shape index (κ2) is 6.58. The maximum Gasteiger partial charge on any atom is 0.336 e. The van der Waals surface area contributed by atoms with Gasteiger partial charge < -0.3 is 9.73 Å². The van der Waals surface area contributed by atoms with Crippen molar-refractivity contribution in [3.63, 3.8) is 0 Å². The summed E-state index contributed by atoms with van der Waals surface area (Å²) in [6, 6.07) is 12.2. The summed E-state index contributed by atoms with van der Waals surface area (Å²) in [5, 5.41) is 3.52. The van der Waals surface area contributed by atoms with E-state index in [1.807, 2.05) is 57.2 Å². The molecule has 4 rings (SSSR count). The molecule has 0 bridgehead atoms. The highest BCUT2D eigenvalue weighted by Crippen LogP contribution is 2.31. The third-order valence-corrected chi connectivity index (χ3v) is 5.75. The van der Waals surface area contributed by atoms with E-state index in [2.05, 4.69) is 5.32 Å². The van der Waals surface area contributed by atoms with Crippen LogP contribution in [0.2, 0.25) is 0 Å². The van der Waals surface area contributed by atoms with Crippen molar-refractivity contribution in [2.45, 2.75) is 39.8 Å². The molecule has 0 saturated carbocycles. The Morgan fingerprint density at radius 1 is 1.00 bits per heavy atom. The number of nitrogens with zero attached hydrogens (tertiary/aromatic N) is 1. The SMILES string of the molecule is Cc1ccc(C2(C)NC(=O)N(Cc3cc(=O)oc4c(C)c(C)ccc34)C2=O)cc1. The summed E-state index contributed by atoms with van der Waals surface area (Å²) < 4.78 is 5.39. The molecular formula is C23H22N2O4. The molecule has 0 radical (unpaired) electrons. The lowest BCUT2D eigenvalue weighted by Crippen LogP contribution is -2.40. The highest BCUT2D eigenvalue weighted by Gasteiger charge is 2.49. The van der Waals surface area contributed by atoms with Crippen LogP contribution >= 0.6 is 0 Å². The highest BCUT2D eigenvalue weighted by molar-refractivity contribution is 6.07. The average molecular weight is 390 g/mol. The standard InChI is InChI=1S/C23H22N2O4/c1-13-5-8-17(9-6-13)23(4)21(27)25(22(28)24-23)12-16-11-19(26)29-20-15(3)14(2)7-10-18(16)20/h5-11H,12H2,1-4H3,(H,24,28). The van der Waals surface area contributed by atoms with Crippen LogP contribution in [0.5, 0.6) is 0 Å². The number of benzene rings is 2. The molecule has 1 aliphatic rings. The molecule has 29 heavy (non-hydrogen) atoms. The van der Waals surface area contributed by atoms with Crippen LogP contribution in [0.15, 0.2) is 51.7 Å². The fourth-order valence-corrected chi connectivity index (χ4v) is 3.75. The number of carbonyl (C=O) groups excluding carboxylic acids is 2. The number of hydrogen-bond acceptors (Lipinski definition) is 4. The zero-order valence-corrected chi connectivity index (χ0v) is 16.8. The van der Waals surface area contributed by atoms with Crippen LogP contribution in [0.4, 0.5) is 4.79 Å². The molecule has 2 heterocycles. The van der Waals surface area contributed by atoms with E-state index in [4.69, 9.17) is 4.42 Å². The molecule has 6 nitrogen and oxygen atoms in total. The van der Waals surface area contributed by atoms with Crippen molar-refractivity contribution in [2.75, 3.05) is 0 Å². The van der Waals surface area contributed by atoms with E-state index in [1.165, 1.54) is 6.07 Å². The predicted molar refractivity (Wildman–Crippen MR) is 110 cm³/mol. The van der Waals surface area contributed by atoms with Gasteiger partial charge in [0.1, 0.15) is 11.1 Å². The first-order valence-corrected chi connectivity index (χ1v) is 9.45. The first-order valence-electron chi connectivity index (χ1n) is 9.45. The summed E-state index contributed by atoms with van der Waals surface area (Å²) in [7, 11) is 0. The lowest BCUT2D eigenvalue weighted by atomic mass is 9.91. The van der Waals surface area contributed by atoms with Gasteiger partial charge in [0.05, 0.1) is 6.54 Å². The van der Waals surface area contributed by atoms with Crippen molar-refractivity contribution >= 4 is 22.9 Å². The smallest absolute Gasteiger partial charge is 0.336 e. The quantitative estimate of drug-likeness (QED) is 0.546. The molecule has 1 unspecified atom stereocenters. The van der Waals surface area contributed by atoms with Crippen molar-refractivity contribution in [3.05, 3.63) is 80.7 Å². The Bertz CT molecular complexity index is 1210. The number of carbonyl (C=O) groups is 2. The van der Waals surface area contributed by atoms with Gasteiger partial charge in [-0.05, 0) is 49.9 Å². The minimum absolute atomic E-state index is 0.00325. The number of imide groups is 1. The zero-order valence-electron chi connectivity index (χ0n) is 16.8. The van der Waals surface area contributed by atoms with Crippen molar-refractivity contribution in [2.24, 2.45) is 0 Å². The number of fused-ring (bicyclic) bond motifs is 1. The van der Waals surface area contributed by atoms with Gasteiger partial charge in [0.15, 0.2) is 0 Å². The van der Waals surface area contributed by atoms with E-state index < -0.39 is 17.2 Å². The summed E-state index contributed by atoms with van der Waals surface area (Å²) in [4.78, 5) is 39.2. The van der Waals surface area contributed by atoms with E-state index in [0.29, 0.717) is 16.7 Å². The molecule has 0 aliphatic carbocycles. The second-order valence-electron chi connectivity index (χ2n) is 7.79. The van der Waals surface area contributed by atoms with Crippen LogP contribution in [0.1, 0.15) is 34.7 Å². The fourth-order valence-electron chi connectivity index (χ4n) is 3.75. The molecule has 1 aliphatic heterocycles. The molecule has 1 fully saturated rings. The highest BCUT2D eigenvalue weighted by atomic mass is 16.4. The molecule has 3 aromatic rings. The van der Waals surface area contributed by atoms with Gasteiger partial charge in [-0.25, -0.2) is 9.59 Å². The summed E-state index contributed by atoms with van der Waals surface area (Å²) >= 11 is 0. The predicted octanol–water partition coefficient (Wildman–Crippen LogP) is 3.69. The van der Waals surface area contributed by atoms with E-state index in [1.54, 1.807) is 6.92 Å². The number of nitrogens with one attached hydrogen (secondary N) is 1.